The number of sulfone groups is 1. The zero-order valence-corrected chi connectivity index (χ0v) is 16.5. The van der Waals surface area contributed by atoms with Crippen LogP contribution >= 0.6 is 0 Å². The van der Waals surface area contributed by atoms with Gasteiger partial charge in [-0.1, -0.05) is 0 Å². The van der Waals surface area contributed by atoms with Crippen LogP contribution in [-0.2, 0) is 9.84 Å². The SMILES string of the molecule is [2H]C([2H])([2H])C1(CC(C2=CC=CC2)S(=O)(=O)c2ccc(C)cc2)CCCC[Se]1. The van der Waals surface area contributed by atoms with Gasteiger partial charge in [0.2, 0.25) is 0 Å². The van der Waals surface area contributed by atoms with Crippen LogP contribution in [0.1, 0.15) is 48.6 Å². The van der Waals surface area contributed by atoms with E-state index >= 15 is 0 Å². The molecule has 0 aromatic heterocycles. The van der Waals surface area contributed by atoms with Crippen molar-refractivity contribution in [1.29, 1.82) is 0 Å². The molecule has 1 heterocycles. The molecule has 2 aliphatic rings. The summed E-state index contributed by atoms with van der Waals surface area (Å²) in [6, 6.07) is 6.90. The number of hydrogen-bond donors (Lipinski definition) is 0. The molecule has 0 radical (unpaired) electrons. The molecule has 2 unspecified atom stereocenters. The van der Waals surface area contributed by atoms with Crippen LogP contribution in [0.3, 0.4) is 0 Å². The Bertz CT molecular complexity index is 833. The second kappa shape index (κ2) is 7.19. The van der Waals surface area contributed by atoms with Gasteiger partial charge in [0.1, 0.15) is 0 Å². The quantitative estimate of drug-likeness (QED) is 0.645. The molecule has 1 aromatic carbocycles. The number of rotatable bonds is 5. The van der Waals surface area contributed by atoms with Crippen molar-refractivity contribution in [2.24, 2.45) is 0 Å². The van der Waals surface area contributed by atoms with Gasteiger partial charge in [-0.25, -0.2) is 0 Å². The molecule has 0 saturated carbocycles. The van der Waals surface area contributed by atoms with Crippen molar-refractivity contribution in [2.75, 3.05) is 0 Å². The van der Waals surface area contributed by atoms with Gasteiger partial charge in [-0.2, -0.15) is 0 Å². The molecule has 0 spiro atoms. The van der Waals surface area contributed by atoms with E-state index in [2.05, 4.69) is 0 Å². The van der Waals surface area contributed by atoms with E-state index in [0.717, 1.165) is 29.3 Å². The topological polar surface area (TPSA) is 34.1 Å². The van der Waals surface area contributed by atoms with Crippen LogP contribution in [0, 0.1) is 6.92 Å². The predicted octanol–water partition coefficient (Wildman–Crippen LogP) is 4.90. The summed E-state index contributed by atoms with van der Waals surface area (Å²) in [5.41, 5.74) is 1.82. The van der Waals surface area contributed by atoms with Crippen molar-refractivity contribution >= 4 is 24.8 Å². The van der Waals surface area contributed by atoms with E-state index in [9.17, 15) is 8.42 Å². The maximum absolute atomic E-state index is 13.5. The molecule has 3 rings (SSSR count). The van der Waals surface area contributed by atoms with Gasteiger partial charge in [0.05, 0.1) is 0 Å². The van der Waals surface area contributed by atoms with Gasteiger partial charge in [-0.3, -0.25) is 0 Å². The summed E-state index contributed by atoms with van der Waals surface area (Å²) in [6.07, 6.45) is 8.99. The van der Waals surface area contributed by atoms with Gasteiger partial charge >= 0.3 is 157 Å². The van der Waals surface area contributed by atoms with Crippen LogP contribution < -0.4 is 0 Å². The molecule has 1 aliphatic carbocycles. The van der Waals surface area contributed by atoms with Crippen LogP contribution in [0.2, 0.25) is 9.63 Å². The van der Waals surface area contributed by atoms with Crippen molar-refractivity contribution in [3.63, 3.8) is 0 Å². The minimum absolute atomic E-state index is 0.0792. The Morgan fingerprint density at radius 2 is 2.08 bits per heavy atom. The molecule has 0 bridgehead atoms. The zero-order valence-electron chi connectivity index (χ0n) is 17.0. The summed E-state index contributed by atoms with van der Waals surface area (Å²) in [5, 5.41) is 0.149. The van der Waals surface area contributed by atoms with Gasteiger partial charge < -0.3 is 0 Å². The summed E-state index contributed by atoms with van der Waals surface area (Å²) >= 11 is -0.0792. The second-order valence-electron chi connectivity index (χ2n) is 6.72. The van der Waals surface area contributed by atoms with Crippen LogP contribution in [0.25, 0.3) is 0 Å². The number of benzene rings is 1. The molecule has 130 valence electrons. The number of aryl methyl sites for hydroxylation is 1. The average Bonchev–Trinajstić information content (AvgIpc) is 3.14. The van der Waals surface area contributed by atoms with Gasteiger partial charge in [0, 0.05) is 0 Å². The van der Waals surface area contributed by atoms with Crippen molar-refractivity contribution in [1.82, 2.24) is 0 Å². The van der Waals surface area contributed by atoms with Gasteiger partial charge in [0.15, 0.2) is 0 Å². The molecule has 0 amide bonds. The number of allylic oxidation sites excluding steroid dienone is 3. The van der Waals surface area contributed by atoms with E-state index in [-0.39, 0.29) is 26.3 Å². The van der Waals surface area contributed by atoms with Crippen LogP contribution in [0.5, 0.6) is 0 Å². The third-order valence-electron chi connectivity index (χ3n) is 4.81. The summed E-state index contributed by atoms with van der Waals surface area (Å²) < 4.78 is 50.8. The van der Waals surface area contributed by atoms with Crippen molar-refractivity contribution in [3.8, 4) is 0 Å². The van der Waals surface area contributed by atoms with Crippen LogP contribution in [0.4, 0.5) is 0 Å². The molecule has 1 fully saturated rings. The minimum atomic E-state index is -3.65. The molecule has 0 N–H and O–H groups in total. The fraction of sp³-hybridized carbons (Fsp3) is 0.500. The van der Waals surface area contributed by atoms with Crippen molar-refractivity contribution < 1.29 is 12.5 Å². The van der Waals surface area contributed by atoms with E-state index in [1.807, 2.05) is 25.2 Å². The Labute approximate surface area is 156 Å². The Hall–Kier alpha value is -0.831. The standard InChI is InChI=1S/C20H26O2SSe/c1-16-9-11-18(12-10-16)23(21,22)19(17-7-3-4-8-17)15-20(2)13-5-6-14-24-20/h3-4,7,9-12,19H,5-6,8,13-15H2,1-2H3/i2D3. The van der Waals surface area contributed by atoms with Crippen molar-refractivity contribution in [2.45, 2.75) is 65.7 Å². The average molecular weight is 412 g/mol. The van der Waals surface area contributed by atoms with Gasteiger partial charge in [-0.05, 0) is 0 Å². The molecule has 24 heavy (non-hydrogen) atoms. The zero-order chi connectivity index (χ0) is 19.7. The predicted molar refractivity (Wildman–Crippen MR) is 101 cm³/mol. The monoisotopic (exact) mass is 413 g/mol. The Morgan fingerprint density at radius 3 is 2.67 bits per heavy atom. The first-order valence-corrected chi connectivity index (χ1v) is 12.1. The molecule has 1 aromatic rings. The Morgan fingerprint density at radius 1 is 1.29 bits per heavy atom. The van der Waals surface area contributed by atoms with Gasteiger partial charge in [-0.15, -0.1) is 0 Å². The summed E-state index contributed by atoms with van der Waals surface area (Å²) in [6.45, 7) is -0.202. The van der Waals surface area contributed by atoms with E-state index in [0.29, 0.717) is 12.8 Å². The molecular weight excluding hydrogens is 383 g/mol. The molecule has 2 atom stereocenters. The first kappa shape index (κ1) is 14.4. The fourth-order valence-electron chi connectivity index (χ4n) is 3.35. The third-order valence-corrected chi connectivity index (χ3v) is 9.93. The van der Waals surface area contributed by atoms with E-state index in [4.69, 9.17) is 4.11 Å². The molecular formula is C20H26O2SSe. The van der Waals surface area contributed by atoms with Crippen LogP contribution in [-0.4, -0.2) is 28.6 Å². The normalized spacial score (nSPS) is 27.9. The molecule has 1 saturated heterocycles. The molecule has 4 heteroatoms. The maximum atomic E-state index is 13.5. The van der Waals surface area contributed by atoms with Crippen molar-refractivity contribution in [3.05, 3.63) is 53.6 Å². The summed E-state index contributed by atoms with van der Waals surface area (Å²) in [7, 11) is -3.65. The third kappa shape index (κ3) is 3.87. The Kier molecular flexibility index (Phi) is 4.30. The van der Waals surface area contributed by atoms with E-state index < -0.39 is 26.3 Å². The summed E-state index contributed by atoms with van der Waals surface area (Å²) in [4.78, 5) is 0.287. The first-order chi connectivity index (χ1) is 12.7. The summed E-state index contributed by atoms with van der Waals surface area (Å²) in [5.74, 6) is 0. The first-order valence-electron chi connectivity index (χ1n) is 9.96. The Balaban J connectivity index is 2.02. The van der Waals surface area contributed by atoms with E-state index in [1.54, 1.807) is 24.3 Å². The van der Waals surface area contributed by atoms with E-state index in [1.165, 1.54) is 0 Å². The fourth-order valence-corrected chi connectivity index (χ4v) is 8.26. The molecule has 1 aliphatic heterocycles. The number of hydrogen-bond acceptors (Lipinski definition) is 2. The van der Waals surface area contributed by atoms with Crippen LogP contribution in [0.15, 0.2) is 53.0 Å². The molecule has 2 nitrogen and oxygen atoms in total. The van der Waals surface area contributed by atoms with Gasteiger partial charge in [0.25, 0.3) is 0 Å². The second-order valence-corrected chi connectivity index (χ2v) is 12.0.